The first-order chi connectivity index (χ1) is 39.1. The molecule has 2 aliphatic heterocycles. The maximum Gasteiger partial charge on any atom is 0.342 e. The lowest BCUT2D eigenvalue weighted by atomic mass is 9.93. The molecule has 16 heteroatoms. The molecule has 12 nitrogen and oxygen atoms in total. The van der Waals surface area contributed by atoms with Crippen LogP contribution in [0, 0.1) is 11.8 Å². The Kier molecular flexibility index (Phi) is 25.5. The zero-order chi connectivity index (χ0) is 64.1. The first-order valence-corrected chi connectivity index (χ1v) is 42.8. The molecule has 85 heavy (non-hydrogen) atoms. The highest BCUT2D eigenvalue weighted by Gasteiger charge is 2.45. The fourth-order valence-corrected chi connectivity index (χ4v) is 13.7. The fourth-order valence-electron chi connectivity index (χ4n) is 8.80. The molecule has 0 spiro atoms. The van der Waals surface area contributed by atoms with E-state index in [2.05, 4.69) is 179 Å². The third-order valence-electron chi connectivity index (χ3n) is 18.6. The first kappa shape index (κ1) is 72.6. The SMILES string of the molecule is CC/C=C\C=C/C(=O)N(/C=C/CC1C[C@@H](O[Si](C)(C)C(C)(C)C)[C@@H](C)C/C=C/Cc2cccc(O[Si](C)(C)C(C)(C)C)c2C(=O)O1)C(=O)N/C=C/C[C@H]1C[C@@H](O[Si](C)(C)C(C)(C)C)[C@@H](C)/C=C/Cc2cccc(O[Si](C)(C)C(C)(C)C)c2C(=O)O1. The van der Waals surface area contributed by atoms with Crippen LogP contribution in [0.25, 0.3) is 0 Å². The number of allylic oxidation sites excluding steroid dienone is 6. The lowest BCUT2D eigenvalue weighted by Crippen LogP contribution is -2.46. The maximum atomic E-state index is 14.9. The van der Waals surface area contributed by atoms with E-state index in [0.717, 1.165) is 28.9 Å². The van der Waals surface area contributed by atoms with Gasteiger partial charge in [0.2, 0.25) is 0 Å². The van der Waals surface area contributed by atoms with E-state index in [1.807, 2.05) is 49.4 Å². The van der Waals surface area contributed by atoms with Gasteiger partial charge >= 0.3 is 18.0 Å². The Labute approximate surface area is 518 Å². The van der Waals surface area contributed by atoms with E-state index in [0.29, 0.717) is 48.3 Å². The van der Waals surface area contributed by atoms with E-state index >= 15 is 0 Å². The zero-order valence-corrected chi connectivity index (χ0v) is 60.5. The number of carbonyl (C=O) groups excluding carboxylic acids is 4. The van der Waals surface area contributed by atoms with Gasteiger partial charge in [-0.25, -0.2) is 19.3 Å². The van der Waals surface area contributed by atoms with Crippen molar-refractivity contribution < 1.29 is 46.4 Å². The molecule has 1 N–H and O–H groups in total. The highest BCUT2D eigenvalue weighted by Crippen LogP contribution is 2.44. The molecule has 0 aliphatic carbocycles. The number of cyclic esters (lactones) is 2. The smallest absolute Gasteiger partial charge is 0.342 e. The number of benzene rings is 2. The molecule has 4 rings (SSSR count). The van der Waals surface area contributed by atoms with Gasteiger partial charge in [-0.05, 0) is 133 Å². The van der Waals surface area contributed by atoms with Crippen LogP contribution in [-0.2, 0) is 36.0 Å². The Morgan fingerprint density at radius 2 is 1.07 bits per heavy atom. The van der Waals surface area contributed by atoms with Gasteiger partial charge in [0.25, 0.3) is 22.5 Å². The Balaban J connectivity index is 1.76. The number of amides is 3. The Bertz CT molecular complexity index is 2780. The third kappa shape index (κ3) is 20.6. The van der Waals surface area contributed by atoms with Crippen LogP contribution in [0.3, 0.4) is 0 Å². The second kappa shape index (κ2) is 29.9. The van der Waals surface area contributed by atoms with Crippen LogP contribution in [0.4, 0.5) is 4.79 Å². The highest BCUT2D eigenvalue weighted by molar-refractivity contribution is 6.75. The van der Waals surface area contributed by atoms with Crippen molar-refractivity contribution >= 4 is 57.1 Å². The van der Waals surface area contributed by atoms with E-state index in [9.17, 15) is 19.2 Å². The molecule has 0 fully saturated rings. The van der Waals surface area contributed by atoms with E-state index < -0.39 is 69.4 Å². The average Bonchev–Trinajstić information content (AvgIpc) is 2.26. The summed E-state index contributed by atoms with van der Waals surface area (Å²) in [5.41, 5.74) is 2.44. The second-order valence-electron chi connectivity index (χ2n) is 29.7. The van der Waals surface area contributed by atoms with Crippen LogP contribution in [0.5, 0.6) is 11.5 Å². The lowest BCUT2D eigenvalue weighted by molar-refractivity contribution is -0.121. The molecule has 472 valence electrons. The number of carbonyl (C=O) groups is 4. The number of hydrogen-bond donors (Lipinski definition) is 1. The zero-order valence-electron chi connectivity index (χ0n) is 56.5. The van der Waals surface area contributed by atoms with Gasteiger partial charge < -0.3 is 32.5 Å². The Morgan fingerprint density at radius 3 is 1.55 bits per heavy atom. The van der Waals surface area contributed by atoms with Crippen LogP contribution in [0.1, 0.15) is 174 Å². The first-order valence-electron chi connectivity index (χ1n) is 31.1. The molecule has 3 amide bonds. The summed E-state index contributed by atoms with van der Waals surface area (Å²) >= 11 is 0. The third-order valence-corrected chi connectivity index (χ3v) is 36.3. The van der Waals surface area contributed by atoms with Gasteiger partial charge in [0.05, 0.1) is 12.2 Å². The van der Waals surface area contributed by atoms with Crippen molar-refractivity contribution in [1.29, 1.82) is 0 Å². The summed E-state index contributed by atoms with van der Waals surface area (Å²) in [7, 11) is -9.44. The molecular formula is C69H110N2O10Si4. The minimum atomic E-state index is -2.40. The van der Waals surface area contributed by atoms with E-state index in [1.54, 1.807) is 24.3 Å². The van der Waals surface area contributed by atoms with E-state index in [1.165, 1.54) is 18.5 Å². The molecule has 2 aromatic carbocycles. The summed E-state index contributed by atoms with van der Waals surface area (Å²) in [4.78, 5) is 59.2. The van der Waals surface area contributed by atoms with E-state index in [4.69, 9.17) is 27.2 Å². The Morgan fingerprint density at radius 1 is 0.612 bits per heavy atom. The number of esters is 2. The molecule has 0 radical (unpaired) electrons. The minimum Gasteiger partial charge on any atom is -0.543 e. The summed E-state index contributed by atoms with van der Waals surface area (Å²) < 4.78 is 41.3. The summed E-state index contributed by atoms with van der Waals surface area (Å²) in [5, 5.41) is 2.43. The molecule has 1 unspecified atom stereocenters. The van der Waals surface area contributed by atoms with Crippen molar-refractivity contribution in [3.8, 4) is 11.5 Å². The summed E-state index contributed by atoms with van der Waals surface area (Å²) in [5.74, 6) is -0.474. The van der Waals surface area contributed by atoms with Gasteiger partial charge in [-0.1, -0.05) is 183 Å². The number of imide groups is 1. The topological polar surface area (TPSA) is 139 Å². The van der Waals surface area contributed by atoms with Gasteiger partial charge in [-0.15, -0.1) is 0 Å². The molecule has 0 bridgehead atoms. The summed E-state index contributed by atoms with van der Waals surface area (Å²) in [6.07, 6.45) is 23.5. The van der Waals surface area contributed by atoms with Gasteiger partial charge in [0, 0.05) is 44.2 Å². The quantitative estimate of drug-likeness (QED) is 0.0535. The number of nitrogens with one attached hydrogen (secondary N) is 1. The van der Waals surface area contributed by atoms with Crippen LogP contribution in [-0.4, -0.2) is 86.5 Å². The van der Waals surface area contributed by atoms with Crippen molar-refractivity contribution in [3.05, 3.63) is 132 Å². The standard InChI is InChI=1S/C69H110N2O10Si4/c1-24-25-26-27-45-60(72)71(47-34-42-55-49-58(80-84(20,21)68(10,11)12)50(2)35-28-29-37-52-39-31-43-56(61(52)63(73)77-55)78-82(16,17)66(4,5)6)65(75)70-46-33-41-54-48-59(81-85(22,23)69(13,14)15)51(3)36-30-38-53-40-32-44-57(62(53)64(74)76-54)79-83(18,19)67(7,8)9/h25-34,36,39-40,43-47,50-51,54-55,58-59H,24,35,37-38,41-42,48-49H2,1-23H3,(H,70,75)/b26-25-,29-28+,36-30+,45-27-,46-33+,47-34+/t50-,51-,54-,55?,58+,59+/m0/s1. The number of ether oxygens (including phenoxy) is 2. The highest BCUT2D eigenvalue weighted by atomic mass is 28.4. The van der Waals surface area contributed by atoms with Crippen molar-refractivity contribution in [2.45, 2.75) is 252 Å². The predicted molar refractivity (Wildman–Crippen MR) is 360 cm³/mol. The largest absolute Gasteiger partial charge is 0.543 e. The van der Waals surface area contributed by atoms with Crippen molar-refractivity contribution in [1.82, 2.24) is 10.2 Å². The molecule has 6 atom stereocenters. The average molecular weight is 1240 g/mol. The minimum absolute atomic E-state index is 0.0152. The monoisotopic (exact) mass is 1240 g/mol. The molecule has 2 heterocycles. The van der Waals surface area contributed by atoms with E-state index in [-0.39, 0.29) is 57.0 Å². The number of fused-ring (bicyclic) bond motifs is 2. The summed E-state index contributed by atoms with van der Waals surface area (Å²) in [6, 6.07) is 10.8. The number of rotatable bonds is 17. The van der Waals surface area contributed by atoms with Crippen LogP contribution >= 0.6 is 0 Å². The van der Waals surface area contributed by atoms with Crippen molar-refractivity contribution in [2.24, 2.45) is 11.8 Å². The molecule has 0 saturated carbocycles. The van der Waals surface area contributed by atoms with Gasteiger partial charge in [-0.3, -0.25) is 4.79 Å². The van der Waals surface area contributed by atoms with Gasteiger partial charge in [0.15, 0.2) is 16.6 Å². The predicted octanol–water partition coefficient (Wildman–Crippen LogP) is 18.5. The Hall–Kier alpha value is -4.85. The number of hydrogen-bond acceptors (Lipinski definition) is 10. The fraction of sp³-hybridized carbons (Fsp3) is 0.594. The maximum absolute atomic E-state index is 14.9. The molecular weight excluding hydrogens is 1130 g/mol. The molecule has 2 aromatic rings. The molecule has 0 saturated heterocycles. The second-order valence-corrected chi connectivity index (χ2v) is 48.6. The molecule has 2 aliphatic rings. The molecule has 0 aromatic heterocycles. The number of urea groups is 1. The lowest BCUT2D eigenvalue weighted by Gasteiger charge is -2.41. The van der Waals surface area contributed by atoms with Crippen LogP contribution < -0.4 is 14.2 Å². The normalized spacial score (nSPS) is 22.2. The summed E-state index contributed by atoms with van der Waals surface area (Å²) in [6.45, 7) is 50.3. The number of nitrogens with zero attached hydrogens (tertiary/aromatic N) is 1. The van der Waals surface area contributed by atoms with Crippen LogP contribution in [0.2, 0.25) is 72.5 Å². The van der Waals surface area contributed by atoms with Crippen molar-refractivity contribution in [2.75, 3.05) is 0 Å². The van der Waals surface area contributed by atoms with Crippen LogP contribution in [0.15, 0.2) is 110 Å². The van der Waals surface area contributed by atoms with Crippen molar-refractivity contribution in [3.63, 3.8) is 0 Å². The van der Waals surface area contributed by atoms with Gasteiger partial charge in [0.1, 0.15) is 34.8 Å². The van der Waals surface area contributed by atoms with Gasteiger partial charge in [-0.2, -0.15) is 0 Å².